The van der Waals surface area contributed by atoms with Gasteiger partial charge in [0, 0.05) is 13.2 Å². The van der Waals surface area contributed by atoms with Gasteiger partial charge in [-0.25, -0.2) is 0 Å². The van der Waals surface area contributed by atoms with Crippen LogP contribution in [0.25, 0.3) is 0 Å². The van der Waals surface area contributed by atoms with Crippen LogP contribution in [0.2, 0.25) is 0 Å². The van der Waals surface area contributed by atoms with E-state index in [0.29, 0.717) is 12.1 Å². The SMILES string of the molecule is COC1CCCCC1NCC(C)C(C)C. The molecule has 1 saturated carbocycles. The molecule has 2 heteroatoms. The second-order valence-corrected chi connectivity index (χ2v) is 5.29. The molecular weight excluding hydrogens is 186 g/mol. The van der Waals surface area contributed by atoms with Gasteiger partial charge in [-0.15, -0.1) is 0 Å². The molecule has 0 aromatic rings. The highest BCUT2D eigenvalue weighted by Gasteiger charge is 2.24. The highest BCUT2D eigenvalue weighted by Crippen LogP contribution is 2.21. The lowest BCUT2D eigenvalue weighted by Crippen LogP contribution is -2.45. The number of methoxy groups -OCH3 is 1. The maximum absolute atomic E-state index is 5.53. The zero-order valence-corrected chi connectivity index (χ0v) is 10.8. The molecule has 2 nitrogen and oxygen atoms in total. The minimum atomic E-state index is 0.443. The van der Waals surface area contributed by atoms with Crippen molar-refractivity contribution in [1.29, 1.82) is 0 Å². The Hall–Kier alpha value is -0.0800. The van der Waals surface area contributed by atoms with Crippen LogP contribution in [0.15, 0.2) is 0 Å². The average Bonchev–Trinajstić information content (AvgIpc) is 2.26. The van der Waals surface area contributed by atoms with Gasteiger partial charge in [-0.2, -0.15) is 0 Å². The first kappa shape index (κ1) is 13.0. The van der Waals surface area contributed by atoms with Gasteiger partial charge in [-0.05, 0) is 31.2 Å². The Morgan fingerprint density at radius 1 is 1.20 bits per heavy atom. The van der Waals surface area contributed by atoms with Gasteiger partial charge >= 0.3 is 0 Å². The van der Waals surface area contributed by atoms with Crippen molar-refractivity contribution in [2.45, 2.75) is 58.6 Å². The Morgan fingerprint density at radius 3 is 2.47 bits per heavy atom. The van der Waals surface area contributed by atoms with E-state index in [0.717, 1.165) is 18.4 Å². The van der Waals surface area contributed by atoms with Gasteiger partial charge in [0.05, 0.1) is 6.10 Å². The van der Waals surface area contributed by atoms with Crippen LogP contribution in [0.1, 0.15) is 46.5 Å². The van der Waals surface area contributed by atoms with Crippen LogP contribution in [0, 0.1) is 11.8 Å². The Balaban J connectivity index is 2.29. The normalized spacial score (nSPS) is 29.4. The minimum Gasteiger partial charge on any atom is -0.380 e. The van der Waals surface area contributed by atoms with E-state index in [-0.39, 0.29) is 0 Å². The zero-order valence-electron chi connectivity index (χ0n) is 10.8. The largest absolute Gasteiger partial charge is 0.380 e. The van der Waals surface area contributed by atoms with E-state index in [2.05, 4.69) is 26.1 Å². The second-order valence-electron chi connectivity index (χ2n) is 5.29. The third-order valence-electron chi connectivity index (χ3n) is 3.85. The van der Waals surface area contributed by atoms with Crippen LogP contribution in [-0.4, -0.2) is 25.8 Å². The molecule has 15 heavy (non-hydrogen) atoms. The lowest BCUT2D eigenvalue weighted by Gasteiger charge is -2.32. The molecule has 0 radical (unpaired) electrons. The molecule has 3 atom stereocenters. The summed E-state index contributed by atoms with van der Waals surface area (Å²) in [7, 11) is 1.84. The maximum atomic E-state index is 5.53. The van der Waals surface area contributed by atoms with Crippen molar-refractivity contribution in [3.05, 3.63) is 0 Å². The molecule has 1 rings (SSSR count). The fourth-order valence-electron chi connectivity index (χ4n) is 2.19. The lowest BCUT2D eigenvalue weighted by molar-refractivity contribution is 0.0401. The van der Waals surface area contributed by atoms with Gasteiger partial charge in [-0.3, -0.25) is 0 Å². The molecule has 0 spiro atoms. The van der Waals surface area contributed by atoms with E-state index >= 15 is 0 Å². The van der Waals surface area contributed by atoms with E-state index < -0.39 is 0 Å². The van der Waals surface area contributed by atoms with Gasteiger partial charge < -0.3 is 10.1 Å². The van der Waals surface area contributed by atoms with Crippen molar-refractivity contribution in [3.8, 4) is 0 Å². The van der Waals surface area contributed by atoms with Gasteiger partial charge in [0.25, 0.3) is 0 Å². The molecule has 0 amide bonds. The molecule has 1 aliphatic carbocycles. The van der Waals surface area contributed by atoms with E-state index in [1.165, 1.54) is 25.7 Å². The molecule has 0 aromatic carbocycles. The maximum Gasteiger partial charge on any atom is 0.0724 e. The number of hydrogen-bond acceptors (Lipinski definition) is 2. The summed E-state index contributed by atoms with van der Waals surface area (Å²) in [6, 6.07) is 0.588. The zero-order chi connectivity index (χ0) is 11.3. The lowest BCUT2D eigenvalue weighted by atomic mass is 9.91. The molecule has 3 unspecified atom stereocenters. The van der Waals surface area contributed by atoms with Crippen LogP contribution in [-0.2, 0) is 4.74 Å². The Morgan fingerprint density at radius 2 is 1.87 bits per heavy atom. The number of nitrogens with one attached hydrogen (secondary N) is 1. The molecule has 0 heterocycles. The van der Waals surface area contributed by atoms with Crippen LogP contribution in [0.5, 0.6) is 0 Å². The quantitative estimate of drug-likeness (QED) is 0.758. The summed E-state index contributed by atoms with van der Waals surface area (Å²) in [5, 5.41) is 3.68. The van der Waals surface area contributed by atoms with Crippen molar-refractivity contribution in [3.63, 3.8) is 0 Å². The molecular formula is C13H27NO. The van der Waals surface area contributed by atoms with Crippen molar-refractivity contribution in [2.24, 2.45) is 11.8 Å². The standard InChI is InChI=1S/C13H27NO/c1-10(2)11(3)9-14-12-7-5-6-8-13(12)15-4/h10-14H,5-9H2,1-4H3. The van der Waals surface area contributed by atoms with Gasteiger partial charge in [0.1, 0.15) is 0 Å². The summed E-state index contributed by atoms with van der Waals surface area (Å²) in [6.07, 6.45) is 5.63. The predicted molar refractivity (Wildman–Crippen MR) is 65.1 cm³/mol. The van der Waals surface area contributed by atoms with Crippen molar-refractivity contribution >= 4 is 0 Å². The second kappa shape index (κ2) is 6.49. The molecule has 1 N–H and O–H groups in total. The molecule has 0 aliphatic heterocycles. The third kappa shape index (κ3) is 4.12. The highest BCUT2D eigenvalue weighted by molar-refractivity contribution is 4.82. The van der Waals surface area contributed by atoms with Crippen LogP contribution >= 0.6 is 0 Å². The van der Waals surface area contributed by atoms with Crippen LogP contribution in [0.4, 0.5) is 0 Å². The predicted octanol–water partition coefficient (Wildman–Crippen LogP) is 2.83. The fourth-order valence-corrected chi connectivity index (χ4v) is 2.19. The summed E-state index contributed by atoms with van der Waals surface area (Å²) in [4.78, 5) is 0. The van der Waals surface area contributed by atoms with E-state index in [1.54, 1.807) is 0 Å². The molecule has 1 fully saturated rings. The molecule has 0 aromatic heterocycles. The first-order chi connectivity index (χ1) is 7.15. The van der Waals surface area contributed by atoms with Gasteiger partial charge in [0.15, 0.2) is 0 Å². The summed E-state index contributed by atoms with van der Waals surface area (Å²) in [5.41, 5.74) is 0. The topological polar surface area (TPSA) is 21.3 Å². The van der Waals surface area contributed by atoms with Crippen molar-refractivity contribution in [2.75, 3.05) is 13.7 Å². The van der Waals surface area contributed by atoms with Crippen molar-refractivity contribution in [1.82, 2.24) is 5.32 Å². The summed E-state index contributed by atoms with van der Waals surface area (Å²) >= 11 is 0. The van der Waals surface area contributed by atoms with Crippen molar-refractivity contribution < 1.29 is 4.74 Å². The smallest absolute Gasteiger partial charge is 0.0724 e. The van der Waals surface area contributed by atoms with E-state index in [4.69, 9.17) is 4.74 Å². The third-order valence-corrected chi connectivity index (χ3v) is 3.85. The monoisotopic (exact) mass is 213 g/mol. The first-order valence-electron chi connectivity index (χ1n) is 6.41. The Bertz CT molecular complexity index is 170. The molecule has 0 saturated heterocycles. The Labute approximate surface area is 94.8 Å². The van der Waals surface area contributed by atoms with Crippen LogP contribution in [0.3, 0.4) is 0 Å². The number of ether oxygens (including phenoxy) is 1. The number of rotatable bonds is 5. The van der Waals surface area contributed by atoms with E-state index in [9.17, 15) is 0 Å². The highest BCUT2D eigenvalue weighted by atomic mass is 16.5. The first-order valence-corrected chi connectivity index (χ1v) is 6.41. The summed E-state index contributed by atoms with van der Waals surface area (Å²) in [5.74, 6) is 1.52. The average molecular weight is 213 g/mol. The summed E-state index contributed by atoms with van der Waals surface area (Å²) in [6.45, 7) is 8.03. The Kier molecular flexibility index (Phi) is 5.62. The van der Waals surface area contributed by atoms with Crippen LogP contribution < -0.4 is 5.32 Å². The summed E-state index contributed by atoms with van der Waals surface area (Å²) < 4.78 is 5.53. The van der Waals surface area contributed by atoms with Gasteiger partial charge in [-0.1, -0.05) is 33.6 Å². The van der Waals surface area contributed by atoms with E-state index in [1.807, 2.05) is 7.11 Å². The molecule has 90 valence electrons. The number of hydrogen-bond donors (Lipinski definition) is 1. The molecule has 1 aliphatic rings. The minimum absolute atomic E-state index is 0.443. The fraction of sp³-hybridized carbons (Fsp3) is 1.00. The molecule has 0 bridgehead atoms. The van der Waals surface area contributed by atoms with Gasteiger partial charge in [0.2, 0.25) is 0 Å².